The molecular formula is C20H26ClN3O6S. The van der Waals surface area contributed by atoms with Crippen molar-refractivity contribution in [3.8, 4) is 5.75 Å². The fourth-order valence-electron chi connectivity index (χ4n) is 3.19. The number of hydrogen-bond acceptors (Lipinski definition) is 7. The fraction of sp³-hybridized carbons (Fsp3) is 0.500. The molecule has 0 saturated carbocycles. The van der Waals surface area contributed by atoms with Crippen LogP contribution >= 0.6 is 11.6 Å². The molecule has 1 aliphatic heterocycles. The van der Waals surface area contributed by atoms with Crippen molar-refractivity contribution in [2.24, 2.45) is 11.4 Å². The molecular weight excluding hydrogens is 446 g/mol. The van der Waals surface area contributed by atoms with Gasteiger partial charge >= 0.3 is 0 Å². The number of carbonyl (C=O) groups is 1. The first-order valence-corrected chi connectivity index (χ1v) is 12.1. The average Bonchev–Trinajstić information content (AvgIpc) is 3.08. The summed E-state index contributed by atoms with van der Waals surface area (Å²) < 4.78 is 34.8. The number of aromatic amines is 1. The van der Waals surface area contributed by atoms with Crippen LogP contribution in [-0.4, -0.2) is 58.4 Å². The van der Waals surface area contributed by atoms with Crippen molar-refractivity contribution in [1.82, 2.24) is 9.78 Å². The Labute approximate surface area is 185 Å². The smallest absolute Gasteiger partial charge is 0.277 e. The van der Waals surface area contributed by atoms with Crippen molar-refractivity contribution in [3.05, 3.63) is 44.8 Å². The molecule has 0 bridgehead atoms. The van der Waals surface area contributed by atoms with Gasteiger partial charge in [-0.15, -0.1) is 0 Å². The van der Waals surface area contributed by atoms with Crippen LogP contribution in [0.4, 0.5) is 5.69 Å². The Balaban J connectivity index is 2.00. The van der Waals surface area contributed by atoms with Crippen molar-refractivity contribution in [3.63, 3.8) is 0 Å². The molecule has 0 amide bonds. The number of carbonyl (C=O) groups excluding carboxylic acids is 1. The minimum Gasteiger partial charge on any atom is -0.465 e. The predicted octanol–water partition coefficient (Wildman–Crippen LogP) is 2.88. The lowest BCUT2D eigenvalue weighted by Crippen LogP contribution is -2.19. The Kier molecular flexibility index (Phi) is 7.93. The van der Waals surface area contributed by atoms with E-state index in [1.54, 1.807) is 7.11 Å². The number of nitrogens with zero attached hydrogens (tertiary/aromatic N) is 2. The highest BCUT2D eigenvalue weighted by Crippen LogP contribution is 2.40. The molecule has 1 aliphatic rings. The highest BCUT2D eigenvalue weighted by molar-refractivity contribution is 7.93. The summed E-state index contributed by atoms with van der Waals surface area (Å²) in [5.74, 6) is 0.631. The Bertz CT molecular complexity index is 1100. The number of aromatic nitrogens is 2. The molecule has 0 radical (unpaired) electrons. The number of nitrogens with one attached hydrogen (secondary N) is 1. The largest absolute Gasteiger partial charge is 0.465 e. The van der Waals surface area contributed by atoms with Gasteiger partial charge in [-0.25, -0.2) is 4.21 Å². The molecule has 0 spiro atoms. The van der Waals surface area contributed by atoms with E-state index in [0.717, 1.165) is 19.3 Å². The summed E-state index contributed by atoms with van der Waals surface area (Å²) >= 11 is 6.56. The van der Waals surface area contributed by atoms with E-state index in [1.807, 2.05) is 0 Å². The van der Waals surface area contributed by atoms with Gasteiger partial charge in [-0.3, -0.25) is 14.3 Å². The first-order valence-electron chi connectivity index (χ1n) is 9.90. The second kappa shape index (κ2) is 10.4. The van der Waals surface area contributed by atoms with Crippen molar-refractivity contribution < 1.29 is 23.2 Å². The molecule has 1 aromatic carbocycles. The number of ether oxygens (including phenoxy) is 3. The van der Waals surface area contributed by atoms with Crippen LogP contribution in [0.5, 0.6) is 5.75 Å². The van der Waals surface area contributed by atoms with Gasteiger partial charge < -0.3 is 19.3 Å². The number of aryl methyl sites for hydroxylation is 1. The maximum absolute atomic E-state index is 13.2. The molecule has 2 aromatic rings. The second-order valence-electron chi connectivity index (χ2n) is 7.15. The third kappa shape index (κ3) is 5.57. The van der Waals surface area contributed by atoms with Crippen LogP contribution in [0.25, 0.3) is 0 Å². The van der Waals surface area contributed by atoms with E-state index in [2.05, 4.69) is 9.46 Å². The van der Waals surface area contributed by atoms with Crippen molar-refractivity contribution >= 4 is 32.8 Å². The molecule has 1 saturated heterocycles. The first-order chi connectivity index (χ1) is 14.9. The van der Waals surface area contributed by atoms with Crippen LogP contribution < -0.4 is 10.3 Å². The Morgan fingerprint density at radius 2 is 1.97 bits per heavy atom. The van der Waals surface area contributed by atoms with Crippen LogP contribution in [0, 0.1) is 0 Å². The molecule has 11 heteroatoms. The summed E-state index contributed by atoms with van der Waals surface area (Å²) in [4.78, 5) is 25.1. The average molecular weight is 472 g/mol. The molecule has 1 N–H and O–H groups in total. The molecule has 0 aliphatic carbocycles. The molecule has 31 heavy (non-hydrogen) atoms. The SMILES string of the molecule is COCCOCOc1ccc(C(=O)c2c[nH]n(C)c2=O)c(Cl)c1N=S1(=O)CCCCC1. The number of hydrogen-bond donors (Lipinski definition) is 1. The summed E-state index contributed by atoms with van der Waals surface area (Å²) in [7, 11) is 0.552. The summed E-state index contributed by atoms with van der Waals surface area (Å²) in [6.45, 7) is 0.657. The van der Waals surface area contributed by atoms with E-state index < -0.39 is 21.1 Å². The maximum atomic E-state index is 13.2. The van der Waals surface area contributed by atoms with Crippen LogP contribution in [-0.2, 0) is 26.3 Å². The number of benzene rings is 1. The zero-order valence-electron chi connectivity index (χ0n) is 17.5. The summed E-state index contributed by atoms with van der Waals surface area (Å²) in [5.41, 5.74) is -0.288. The van der Waals surface area contributed by atoms with Gasteiger partial charge in [0.2, 0.25) is 5.78 Å². The van der Waals surface area contributed by atoms with Gasteiger partial charge in [0.25, 0.3) is 5.56 Å². The number of halogens is 1. The molecule has 3 rings (SSSR count). The predicted molar refractivity (Wildman–Crippen MR) is 118 cm³/mol. The maximum Gasteiger partial charge on any atom is 0.277 e. The van der Waals surface area contributed by atoms with E-state index in [1.165, 1.54) is 30.1 Å². The van der Waals surface area contributed by atoms with Gasteiger partial charge in [0, 0.05) is 37.4 Å². The number of rotatable bonds is 9. The van der Waals surface area contributed by atoms with Gasteiger partial charge in [-0.1, -0.05) is 18.0 Å². The minimum absolute atomic E-state index is 0.00376. The molecule has 2 heterocycles. The Morgan fingerprint density at radius 1 is 1.23 bits per heavy atom. The van der Waals surface area contributed by atoms with Crippen molar-refractivity contribution in [1.29, 1.82) is 0 Å². The number of ketones is 1. The summed E-state index contributed by atoms with van der Waals surface area (Å²) in [6, 6.07) is 2.99. The van der Waals surface area contributed by atoms with Crippen LogP contribution in [0.3, 0.4) is 0 Å². The normalized spacial score (nSPS) is 15.6. The highest BCUT2D eigenvalue weighted by Gasteiger charge is 2.24. The number of methoxy groups -OCH3 is 1. The Hall–Kier alpha value is -2.14. The van der Waals surface area contributed by atoms with Crippen LogP contribution in [0.1, 0.15) is 35.2 Å². The van der Waals surface area contributed by atoms with E-state index in [9.17, 15) is 13.8 Å². The third-order valence-electron chi connectivity index (χ3n) is 4.92. The molecule has 1 fully saturated rings. The van der Waals surface area contributed by atoms with Gasteiger partial charge in [0.1, 0.15) is 11.3 Å². The number of H-pyrrole nitrogens is 1. The molecule has 1 aromatic heterocycles. The lowest BCUT2D eigenvalue weighted by Gasteiger charge is -2.18. The van der Waals surface area contributed by atoms with Gasteiger partial charge in [-0.05, 0) is 25.0 Å². The van der Waals surface area contributed by atoms with E-state index in [0.29, 0.717) is 24.7 Å². The standard InChI is InChI=1S/C20H26ClN3O6S/c1-24-20(26)15(12-22-24)19(25)14-6-7-16(30-13-29-9-8-28-2)18(17(14)21)23-31(27)10-4-3-5-11-31/h6-7,12,22H,3-5,8-11,13H2,1-2H3. The second-order valence-corrected chi connectivity index (χ2v) is 10.1. The topological polar surface area (TPSA) is 112 Å². The fourth-order valence-corrected chi connectivity index (χ4v) is 5.74. The molecule has 0 atom stereocenters. The van der Waals surface area contributed by atoms with Crippen molar-refractivity contribution in [2.75, 3.05) is 38.6 Å². The highest BCUT2D eigenvalue weighted by atomic mass is 35.5. The third-order valence-corrected chi connectivity index (χ3v) is 7.67. The molecule has 170 valence electrons. The zero-order valence-corrected chi connectivity index (χ0v) is 19.1. The van der Waals surface area contributed by atoms with E-state index in [-0.39, 0.29) is 34.4 Å². The Morgan fingerprint density at radius 3 is 2.61 bits per heavy atom. The monoisotopic (exact) mass is 471 g/mol. The summed E-state index contributed by atoms with van der Waals surface area (Å²) in [5, 5.41) is 2.67. The minimum atomic E-state index is -2.52. The molecule has 9 nitrogen and oxygen atoms in total. The lowest BCUT2D eigenvalue weighted by atomic mass is 10.1. The van der Waals surface area contributed by atoms with Gasteiger partial charge in [-0.2, -0.15) is 4.36 Å². The quantitative estimate of drug-likeness (QED) is 0.342. The summed E-state index contributed by atoms with van der Waals surface area (Å²) in [6.07, 6.45) is 3.96. The lowest BCUT2D eigenvalue weighted by molar-refractivity contribution is -0.00820. The van der Waals surface area contributed by atoms with Crippen molar-refractivity contribution in [2.45, 2.75) is 19.3 Å². The van der Waals surface area contributed by atoms with Gasteiger partial charge in [0.05, 0.1) is 28.0 Å². The van der Waals surface area contributed by atoms with Crippen LogP contribution in [0.15, 0.2) is 27.5 Å². The van der Waals surface area contributed by atoms with E-state index >= 15 is 0 Å². The first kappa shape index (κ1) is 23.5. The van der Waals surface area contributed by atoms with E-state index in [4.69, 9.17) is 25.8 Å². The van der Waals surface area contributed by atoms with Gasteiger partial charge in [0.15, 0.2) is 12.5 Å². The molecule has 0 unspecified atom stereocenters. The zero-order chi connectivity index (χ0) is 22.4. The van der Waals surface area contributed by atoms with Crippen LogP contribution in [0.2, 0.25) is 5.02 Å².